The molecule has 2 N–H and O–H groups in total. The van der Waals surface area contributed by atoms with Gasteiger partial charge in [-0.25, -0.2) is 0 Å². The average molecular weight is 293 g/mol. The molecular weight excluding hydrogens is 278 g/mol. The molecule has 0 aliphatic rings. The summed E-state index contributed by atoms with van der Waals surface area (Å²) in [5, 5.41) is 13.9. The van der Waals surface area contributed by atoms with Gasteiger partial charge in [0.15, 0.2) is 0 Å². The van der Waals surface area contributed by atoms with Crippen LogP contribution in [0.3, 0.4) is 0 Å². The van der Waals surface area contributed by atoms with Crippen LogP contribution in [0.25, 0.3) is 0 Å². The molecule has 2 amide bonds. The van der Waals surface area contributed by atoms with Gasteiger partial charge in [0.1, 0.15) is 6.42 Å². The molecule has 2 rings (SSSR count). The van der Waals surface area contributed by atoms with Gasteiger partial charge >= 0.3 is 0 Å². The summed E-state index contributed by atoms with van der Waals surface area (Å²) in [6.45, 7) is 1.88. The van der Waals surface area contributed by atoms with E-state index in [0.717, 1.165) is 5.56 Å². The molecule has 2 aromatic carbocycles. The Bertz CT molecular complexity index is 733. The normalized spacial score (nSPS) is 9.64. The van der Waals surface area contributed by atoms with Gasteiger partial charge in [-0.1, -0.05) is 24.3 Å². The second-order valence-corrected chi connectivity index (χ2v) is 4.75. The Morgan fingerprint density at radius 3 is 2.45 bits per heavy atom. The molecule has 0 heterocycles. The van der Waals surface area contributed by atoms with E-state index in [1.807, 2.05) is 19.1 Å². The van der Waals surface area contributed by atoms with Crippen LogP contribution >= 0.6 is 0 Å². The van der Waals surface area contributed by atoms with Crippen LogP contribution in [-0.4, -0.2) is 11.8 Å². The number of nitrogens with one attached hydrogen (secondary N) is 2. The molecule has 0 bridgehead atoms. The van der Waals surface area contributed by atoms with Crippen molar-refractivity contribution in [2.75, 3.05) is 10.6 Å². The molecule has 2 aromatic rings. The van der Waals surface area contributed by atoms with Gasteiger partial charge in [-0.3, -0.25) is 9.59 Å². The maximum absolute atomic E-state index is 12.2. The van der Waals surface area contributed by atoms with Crippen LogP contribution in [0.2, 0.25) is 0 Å². The van der Waals surface area contributed by atoms with Gasteiger partial charge in [0.25, 0.3) is 5.91 Å². The third kappa shape index (κ3) is 3.93. The van der Waals surface area contributed by atoms with Crippen molar-refractivity contribution in [2.45, 2.75) is 13.3 Å². The zero-order chi connectivity index (χ0) is 15.9. The largest absolute Gasteiger partial charge is 0.323 e. The number of nitrogens with zero attached hydrogens (tertiary/aromatic N) is 1. The number of hydrogen-bond donors (Lipinski definition) is 2. The van der Waals surface area contributed by atoms with Gasteiger partial charge in [0, 0.05) is 5.56 Å². The quantitative estimate of drug-likeness (QED) is 0.908. The minimum atomic E-state index is -0.414. The smallest absolute Gasteiger partial charge is 0.255 e. The second-order valence-electron chi connectivity index (χ2n) is 4.75. The fraction of sp³-hybridized carbons (Fsp3) is 0.118. The zero-order valence-electron chi connectivity index (χ0n) is 12.1. The highest BCUT2D eigenvalue weighted by Crippen LogP contribution is 2.24. The lowest BCUT2D eigenvalue weighted by atomic mass is 10.1. The zero-order valence-corrected chi connectivity index (χ0v) is 12.1. The van der Waals surface area contributed by atoms with Gasteiger partial charge in [-0.15, -0.1) is 0 Å². The number of carbonyl (C=O) groups is 2. The molecule has 0 atom stereocenters. The molecule has 0 spiro atoms. The first-order valence-corrected chi connectivity index (χ1v) is 6.74. The molecule has 0 saturated carbocycles. The summed E-state index contributed by atoms with van der Waals surface area (Å²) in [6, 6.07) is 15.9. The lowest BCUT2D eigenvalue weighted by molar-refractivity contribution is -0.115. The predicted octanol–water partition coefficient (Wildman–Crippen LogP) is 3.10. The third-order valence-electron chi connectivity index (χ3n) is 2.97. The minimum absolute atomic E-state index is 0.236. The Balaban J connectivity index is 2.22. The molecule has 0 unspecified atom stereocenters. The van der Waals surface area contributed by atoms with E-state index in [0.29, 0.717) is 16.9 Å². The van der Waals surface area contributed by atoms with E-state index in [9.17, 15) is 9.59 Å². The summed E-state index contributed by atoms with van der Waals surface area (Å²) in [4.78, 5) is 23.8. The van der Waals surface area contributed by atoms with E-state index in [1.54, 1.807) is 42.5 Å². The molecule has 22 heavy (non-hydrogen) atoms. The fourth-order valence-electron chi connectivity index (χ4n) is 1.92. The van der Waals surface area contributed by atoms with E-state index < -0.39 is 5.91 Å². The lowest BCUT2D eigenvalue weighted by Gasteiger charge is -2.12. The molecule has 5 heteroatoms. The van der Waals surface area contributed by atoms with Crippen molar-refractivity contribution in [2.24, 2.45) is 0 Å². The van der Waals surface area contributed by atoms with Gasteiger partial charge in [0.05, 0.1) is 17.4 Å². The first-order valence-electron chi connectivity index (χ1n) is 6.74. The predicted molar refractivity (Wildman–Crippen MR) is 84.4 cm³/mol. The minimum Gasteiger partial charge on any atom is -0.323 e. The van der Waals surface area contributed by atoms with Crippen LogP contribution in [0.4, 0.5) is 11.4 Å². The standard InChI is InChI=1S/C17H15N3O2/c1-12-7-8-14(15(11-12)19-16(21)9-10-18)20-17(22)13-5-3-2-4-6-13/h2-8,11H,9H2,1H3,(H,19,21)(H,20,22). The highest BCUT2D eigenvalue weighted by molar-refractivity contribution is 6.07. The summed E-state index contributed by atoms with van der Waals surface area (Å²) in [7, 11) is 0. The molecule has 0 aliphatic heterocycles. The number of benzene rings is 2. The number of aryl methyl sites for hydroxylation is 1. The second kappa shape index (κ2) is 7.04. The number of amides is 2. The van der Waals surface area contributed by atoms with Crippen molar-refractivity contribution in [3.05, 3.63) is 59.7 Å². The molecule has 0 radical (unpaired) electrons. The summed E-state index contributed by atoms with van der Waals surface area (Å²) in [5.41, 5.74) is 2.43. The molecular formula is C17H15N3O2. The first-order chi connectivity index (χ1) is 10.6. The Kier molecular flexibility index (Phi) is 4.89. The molecule has 0 aromatic heterocycles. The van der Waals surface area contributed by atoms with Gasteiger partial charge < -0.3 is 10.6 Å². The number of anilines is 2. The van der Waals surface area contributed by atoms with Crippen molar-refractivity contribution < 1.29 is 9.59 Å². The van der Waals surface area contributed by atoms with Crippen molar-refractivity contribution in [1.29, 1.82) is 5.26 Å². The van der Waals surface area contributed by atoms with Crippen LogP contribution in [0, 0.1) is 18.3 Å². The Morgan fingerprint density at radius 1 is 1.05 bits per heavy atom. The van der Waals surface area contributed by atoms with Crippen LogP contribution in [-0.2, 0) is 4.79 Å². The highest BCUT2D eigenvalue weighted by atomic mass is 16.2. The lowest BCUT2D eigenvalue weighted by Crippen LogP contribution is -2.16. The van der Waals surface area contributed by atoms with Crippen LogP contribution in [0.15, 0.2) is 48.5 Å². The van der Waals surface area contributed by atoms with Crippen molar-refractivity contribution >= 4 is 23.2 Å². The Morgan fingerprint density at radius 2 is 1.77 bits per heavy atom. The van der Waals surface area contributed by atoms with Crippen LogP contribution < -0.4 is 10.6 Å². The van der Waals surface area contributed by atoms with Gasteiger partial charge in [-0.2, -0.15) is 5.26 Å². The van der Waals surface area contributed by atoms with E-state index in [4.69, 9.17) is 5.26 Å². The topological polar surface area (TPSA) is 82.0 Å². The molecule has 5 nitrogen and oxygen atoms in total. The summed E-state index contributed by atoms with van der Waals surface area (Å²) in [5.74, 6) is -0.677. The number of carbonyl (C=O) groups excluding carboxylic acids is 2. The first kappa shape index (κ1) is 15.3. The summed E-state index contributed by atoms with van der Waals surface area (Å²) >= 11 is 0. The molecule has 0 saturated heterocycles. The van der Waals surface area contributed by atoms with E-state index >= 15 is 0 Å². The number of nitriles is 1. The molecule has 0 fully saturated rings. The highest BCUT2D eigenvalue weighted by Gasteiger charge is 2.11. The number of rotatable bonds is 4. The van der Waals surface area contributed by atoms with E-state index in [1.165, 1.54) is 0 Å². The maximum Gasteiger partial charge on any atom is 0.255 e. The Labute approximate surface area is 128 Å². The molecule has 0 aliphatic carbocycles. The van der Waals surface area contributed by atoms with E-state index in [-0.39, 0.29) is 12.3 Å². The maximum atomic E-state index is 12.2. The van der Waals surface area contributed by atoms with Gasteiger partial charge in [-0.05, 0) is 36.8 Å². The SMILES string of the molecule is Cc1ccc(NC(=O)c2ccccc2)c(NC(=O)CC#N)c1. The number of hydrogen-bond acceptors (Lipinski definition) is 3. The Hall–Kier alpha value is -3.13. The summed E-state index contributed by atoms with van der Waals surface area (Å²) < 4.78 is 0. The van der Waals surface area contributed by atoms with Crippen LogP contribution in [0.5, 0.6) is 0 Å². The molecule has 110 valence electrons. The average Bonchev–Trinajstić information content (AvgIpc) is 2.51. The van der Waals surface area contributed by atoms with Crippen molar-refractivity contribution in [3.63, 3.8) is 0 Å². The third-order valence-corrected chi connectivity index (χ3v) is 2.97. The van der Waals surface area contributed by atoms with E-state index in [2.05, 4.69) is 10.6 Å². The van der Waals surface area contributed by atoms with Crippen LogP contribution in [0.1, 0.15) is 22.3 Å². The fourth-order valence-corrected chi connectivity index (χ4v) is 1.92. The van der Waals surface area contributed by atoms with Crippen molar-refractivity contribution in [1.82, 2.24) is 0 Å². The summed E-state index contributed by atoms with van der Waals surface area (Å²) in [6.07, 6.45) is -0.236. The monoisotopic (exact) mass is 293 g/mol. The van der Waals surface area contributed by atoms with Gasteiger partial charge in [0.2, 0.25) is 5.91 Å². The van der Waals surface area contributed by atoms with Crippen molar-refractivity contribution in [3.8, 4) is 6.07 Å².